The zero-order valence-corrected chi connectivity index (χ0v) is 21.1. The van der Waals surface area contributed by atoms with E-state index in [0.29, 0.717) is 33.5 Å². The lowest BCUT2D eigenvalue weighted by Gasteiger charge is -2.36. The maximum absolute atomic E-state index is 12.3. The number of rotatable bonds is 9. The van der Waals surface area contributed by atoms with E-state index in [0.717, 1.165) is 22.9 Å². The van der Waals surface area contributed by atoms with E-state index in [1.807, 2.05) is 36.4 Å². The van der Waals surface area contributed by atoms with E-state index in [4.69, 9.17) is 0 Å². The lowest BCUT2D eigenvalue weighted by atomic mass is 9.69. The summed E-state index contributed by atoms with van der Waals surface area (Å²) in [6, 6.07) is 11.0. The predicted octanol–water partition coefficient (Wildman–Crippen LogP) is 3.84. The highest BCUT2D eigenvalue weighted by Gasteiger charge is 2.38. The van der Waals surface area contributed by atoms with Gasteiger partial charge in [-0.05, 0) is 43.0 Å². The van der Waals surface area contributed by atoms with Crippen molar-refractivity contribution in [2.24, 2.45) is 5.92 Å². The summed E-state index contributed by atoms with van der Waals surface area (Å²) >= 11 is 2.84. The maximum Gasteiger partial charge on any atom is 0.232 e. The van der Waals surface area contributed by atoms with Crippen LogP contribution < -0.4 is 10.6 Å². The molecule has 0 spiro atoms. The Hall–Kier alpha value is -3.64. The van der Waals surface area contributed by atoms with Crippen LogP contribution in [0.25, 0.3) is 0 Å². The molecule has 4 aromatic rings. The second-order valence-corrected chi connectivity index (χ2v) is 10.7. The minimum atomic E-state index is -0.160. The number of carbonyl (C=O) groups is 2. The number of aromatic nitrogens is 6. The Labute approximate surface area is 215 Å². The quantitative estimate of drug-likeness (QED) is 0.340. The Morgan fingerprint density at radius 3 is 2.03 bits per heavy atom. The van der Waals surface area contributed by atoms with Crippen LogP contribution in [-0.4, -0.2) is 42.2 Å². The highest BCUT2D eigenvalue weighted by atomic mass is 32.1. The van der Waals surface area contributed by atoms with Gasteiger partial charge in [-0.2, -0.15) is 0 Å². The Balaban J connectivity index is 1.09. The van der Waals surface area contributed by atoms with E-state index in [1.165, 1.54) is 22.7 Å². The average molecular weight is 521 g/mol. The number of pyridine rings is 2. The van der Waals surface area contributed by atoms with Crippen LogP contribution in [0.4, 0.5) is 10.3 Å². The van der Waals surface area contributed by atoms with Gasteiger partial charge in [0.25, 0.3) is 0 Å². The van der Waals surface area contributed by atoms with E-state index in [-0.39, 0.29) is 30.6 Å². The molecular weight excluding hydrogens is 496 g/mol. The van der Waals surface area contributed by atoms with Gasteiger partial charge < -0.3 is 10.6 Å². The summed E-state index contributed by atoms with van der Waals surface area (Å²) in [7, 11) is 0. The molecule has 1 saturated carbocycles. The summed E-state index contributed by atoms with van der Waals surface area (Å²) in [5, 5.41) is 25.4. The van der Waals surface area contributed by atoms with Crippen molar-refractivity contribution in [3.8, 4) is 0 Å². The summed E-state index contributed by atoms with van der Waals surface area (Å²) in [6.07, 6.45) is 5.68. The molecule has 184 valence electrons. The van der Waals surface area contributed by atoms with Crippen molar-refractivity contribution in [2.45, 2.75) is 44.4 Å². The highest BCUT2D eigenvalue weighted by molar-refractivity contribution is 7.15. The number of carbonyl (C=O) groups excluding carboxylic acids is 2. The predicted molar refractivity (Wildman–Crippen MR) is 137 cm³/mol. The van der Waals surface area contributed by atoms with Gasteiger partial charge in [-0.1, -0.05) is 41.7 Å². The first-order valence-corrected chi connectivity index (χ1v) is 13.2. The molecule has 1 aliphatic carbocycles. The average Bonchev–Trinajstić information content (AvgIpc) is 3.49. The van der Waals surface area contributed by atoms with E-state index in [9.17, 15) is 9.59 Å². The first-order chi connectivity index (χ1) is 17.5. The second kappa shape index (κ2) is 11.0. The SMILES string of the molecule is C[C@@H](c1nnc(NC(=O)Cc2ccccn2)s1)[C@H]1C[C@@H](c2nnc(NC(=O)Cc3ccccn3)s2)C1. The number of amides is 2. The van der Waals surface area contributed by atoms with Gasteiger partial charge in [-0.3, -0.25) is 19.6 Å². The highest BCUT2D eigenvalue weighted by Crippen LogP contribution is 2.49. The smallest absolute Gasteiger partial charge is 0.232 e. The summed E-state index contributed by atoms with van der Waals surface area (Å²) in [6.45, 7) is 2.14. The van der Waals surface area contributed by atoms with Crippen LogP contribution in [-0.2, 0) is 22.4 Å². The third-order valence-electron chi connectivity index (χ3n) is 6.13. The molecule has 12 heteroatoms. The minimum absolute atomic E-state index is 0.157. The molecule has 0 bridgehead atoms. The number of nitrogens with one attached hydrogen (secondary N) is 2. The molecule has 4 heterocycles. The van der Waals surface area contributed by atoms with Crippen molar-refractivity contribution >= 4 is 44.8 Å². The lowest BCUT2D eigenvalue weighted by molar-refractivity contribution is -0.116. The molecule has 0 saturated heterocycles. The summed E-state index contributed by atoms with van der Waals surface area (Å²) in [4.78, 5) is 32.9. The largest absolute Gasteiger partial charge is 0.300 e. The fourth-order valence-electron chi connectivity index (χ4n) is 4.05. The summed E-state index contributed by atoms with van der Waals surface area (Å²) < 4.78 is 0. The number of nitrogens with zero attached hydrogens (tertiary/aromatic N) is 6. The van der Waals surface area contributed by atoms with Crippen LogP contribution >= 0.6 is 22.7 Å². The first-order valence-electron chi connectivity index (χ1n) is 11.6. The summed E-state index contributed by atoms with van der Waals surface area (Å²) in [5.74, 6) is 0.682. The molecule has 4 aromatic heterocycles. The second-order valence-electron chi connectivity index (χ2n) is 8.70. The molecule has 5 rings (SSSR count). The van der Waals surface area contributed by atoms with Gasteiger partial charge in [-0.15, -0.1) is 20.4 Å². The molecule has 0 aliphatic heterocycles. The van der Waals surface area contributed by atoms with Crippen LogP contribution in [0.15, 0.2) is 48.8 Å². The van der Waals surface area contributed by atoms with Crippen molar-refractivity contribution in [3.63, 3.8) is 0 Å². The fourth-order valence-corrected chi connectivity index (χ4v) is 5.84. The molecule has 0 radical (unpaired) electrons. The molecule has 2 amide bonds. The topological polar surface area (TPSA) is 136 Å². The van der Waals surface area contributed by atoms with Crippen LogP contribution in [0, 0.1) is 5.92 Å². The van der Waals surface area contributed by atoms with Crippen molar-refractivity contribution < 1.29 is 9.59 Å². The molecule has 2 N–H and O–H groups in total. The van der Waals surface area contributed by atoms with Crippen LogP contribution in [0.1, 0.15) is 53.0 Å². The zero-order chi connectivity index (χ0) is 24.9. The van der Waals surface area contributed by atoms with Gasteiger partial charge in [0.1, 0.15) is 10.0 Å². The maximum atomic E-state index is 12.3. The molecule has 1 fully saturated rings. The van der Waals surface area contributed by atoms with Gasteiger partial charge in [0.15, 0.2) is 0 Å². The third kappa shape index (κ3) is 5.94. The lowest BCUT2D eigenvalue weighted by Crippen LogP contribution is -2.26. The van der Waals surface area contributed by atoms with Crippen LogP contribution in [0.5, 0.6) is 0 Å². The molecule has 1 atom stereocenters. The monoisotopic (exact) mass is 520 g/mol. The third-order valence-corrected chi connectivity index (χ3v) is 8.17. The van der Waals surface area contributed by atoms with Crippen molar-refractivity contribution in [1.29, 1.82) is 0 Å². The molecule has 36 heavy (non-hydrogen) atoms. The zero-order valence-electron chi connectivity index (χ0n) is 19.5. The normalized spacial score (nSPS) is 17.7. The van der Waals surface area contributed by atoms with Crippen molar-refractivity contribution in [2.75, 3.05) is 10.6 Å². The van der Waals surface area contributed by atoms with E-state index in [1.54, 1.807) is 12.4 Å². The van der Waals surface area contributed by atoms with E-state index >= 15 is 0 Å². The van der Waals surface area contributed by atoms with Gasteiger partial charge in [-0.25, -0.2) is 0 Å². The minimum Gasteiger partial charge on any atom is -0.300 e. The van der Waals surface area contributed by atoms with Crippen LogP contribution in [0.2, 0.25) is 0 Å². The standard InChI is InChI=1S/C24H24N8O2S2/c1-14(21-29-31-23(35-21)27-19(33)12-17-6-2-4-8-25-17)15-10-16(11-15)22-30-32-24(36-22)28-20(34)13-18-7-3-5-9-26-18/h2-9,14-16H,10-13H2,1H3,(H,27,31,33)(H,28,32,34)/t14-,15-,16+/m1/s1. The molecule has 10 nitrogen and oxygen atoms in total. The first kappa shape index (κ1) is 24.1. The van der Waals surface area contributed by atoms with Gasteiger partial charge in [0.05, 0.1) is 12.8 Å². The Morgan fingerprint density at radius 2 is 1.44 bits per heavy atom. The Morgan fingerprint density at radius 1 is 0.861 bits per heavy atom. The fraction of sp³-hybridized carbons (Fsp3) is 0.333. The molecule has 0 unspecified atom stereocenters. The van der Waals surface area contributed by atoms with Crippen molar-refractivity contribution in [1.82, 2.24) is 30.4 Å². The van der Waals surface area contributed by atoms with Crippen molar-refractivity contribution in [3.05, 3.63) is 70.2 Å². The summed E-state index contributed by atoms with van der Waals surface area (Å²) in [5.41, 5.74) is 1.42. The van der Waals surface area contributed by atoms with E-state index in [2.05, 4.69) is 47.9 Å². The van der Waals surface area contributed by atoms with E-state index < -0.39 is 0 Å². The van der Waals surface area contributed by atoms with Gasteiger partial charge in [0, 0.05) is 35.6 Å². The molecule has 1 aliphatic rings. The number of hydrogen-bond donors (Lipinski definition) is 2. The molecular formula is C24H24N8O2S2. The number of anilines is 2. The van der Waals surface area contributed by atoms with Gasteiger partial charge >= 0.3 is 0 Å². The molecule has 0 aromatic carbocycles. The Kier molecular flexibility index (Phi) is 7.33. The number of hydrogen-bond acceptors (Lipinski definition) is 10. The van der Waals surface area contributed by atoms with Crippen LogP contribution in [0.3, 0.4) is 0 Å². The Bertz CT molecular complexity index is 1320. The van der Waals surface area contributed by atoms with Gasteiger partial charge in [0.2, 0.25) is 22.1 Å².